The Hall–Kier alpha value is -2.68. The maximum atomic E-state index is 13.3. The van der Waals surface area contributed by atoms with Gasteiger partial charge in [0.15, 0.2) is 0 Å². The number of hydrogen-bond donors (Lipinski definition) is 2. The molecule has 0 amide bonds. The van der Waals surface area contributed by atoms with Crippen LogP contribution in [0.15, 0.2) is 85.4 Å². The molecular weight excluding hydrogens is 608 g/mol. The molecule has 0 aliphatic carbocycles. The van der Waals surface area contributed by atoms with Crippen molar-refractivity contribution in [1.82, 2.24) is 0 Å². The fourth-order valence-electron chi connectivity index (χ4n) is 3.22. The van der Waals surface area contributed by atoms with Crippen LogP contribution in [-0.2, 0) is 9.53 Å². The number of allylic oxidation sites excluding steroid dienone is 1. The number of ether oxygens (including phenoxy) is 1. The second kappa shape index (κ2) is 9.05. The van der Waals surface area contributed by atoms with E-state index in [0.717, 1.165) is 0 Å². The van der Waals surface area contributed by atoms with Gasteiger partial charge >= 0.3 is 5.97 Å². The van der Waals surface area contributed by atoms with Gasteiger partial charge in [-0.3, -0.25) is 4.79 Å². The predicted octanol–water partition coefficient (Wildman–Crippen LogP) is 6.62. The Kier molecular flexibility index (Phi) is 6.37. The van der Waals surface area contributed by atoms with Gasteiger partial charge in [0, 0.05) is 15.6 Å². The zero-order valence-electron chi connectivity index (χ0n) is 16.1. The highest BCUT2D eigenvalue weighted by Crippen LogP contribution is 2.40. The number of benzene rings is 3. The van der Waals surface area contributed by atoms with Crippen LogP contribution in [0.1, 0.15) is 21.5 Å². The third-order valence-corrected chi connectivity index (χ3v) is 6.49. The smallest absolute Gasteiger partial charge is 0.348 e. The molecule has 1 aliphatic heterocycles. The van der Waals surface area contributed by atoms with Crippen molar-refractivity contribution in [2.45, 2.75) is 0 Å². The molecule has 0 aromatic heterocycles. The number of carbonyl (C=O) groups excluding carboxylic acids is 2. The number of aromatic hydroxyl groups is 2. The first-order valence-electron chi connectivity index (χ1n) is 9.21. The lowest BCUT2D eigenvalue weighted by molar-refractivity contribution is -0.132. The van der Waals surface area contributed by atoms with Gasteiger partial charge in [-0.25, -0.2) is 4.79 Å². The molecule has 3 aromatic rings. The van der Waals surface area contributed by atoms with Gasteiger partial charge in [-0.1, -0.05) is 40.2 Å². The zero-order chi connectivity index (χ0) is 23.0. The molecule has 0 saturated heterocycles. The molecule has 160 valence electrons. The van der Waals surface area contributed by atoms with Gasteiger partial charge in [0.05, 0.1) is 8.95 Å². The topological polar surface area (TPSA) is 83.8 Å². The summed E-state index contributed by atoms with van der Waals surface area (Å²) in [6.45, 7) is 0. The molecule has 0 atom stereocenters. The van der Waals surface area contributed by atoms with E-state index in [0.29, 0.717) is 35.7 Å². The van der Waals surface area contributed by atoms with Crippen LogP contribution < -0.4 is 0 Å². The number of halogens is 3. The largest absolute Gasteiger partial charge is 0.507 e. The van der Waals surface area contributed by atoms with Gasteiger partial charge in [-0.15, -0.1) is 0 Å². The van der Waals surface area contributed by atoms with Crippen LogP contribution in [0.25, 0.3) is 11.6 Å². The van der Waals surface area contributed by atoms with E-state index in [2.05, 4.69) is 47.8 Å². The Balaban J connectivity index is 1.93. The first-order valence-corrected chi connectivity index (χ1v) is 11.6. The number of rotatable bonds is 4. The first kappa shape index (κ1) is 22.5. The molecule has 4 rings (SSSR count). The van der Waals surface area contributed by atoms with Crippen molar-refractivity contribution in [3.63, 3.8) is 0 Å². The number of phenols is 2. The second-order valence-electron chi connectivity index (χ2n) is 6.86. The summed E-state index contributed by atoms with van der Waals surface area (Å²) in [4.78, 5) is 26.2. The number of esters is 1. The summed E-state index contributed by atoms with van der Waals surface area (Å²) in [6.07, 6.45) is 1.61. The Morgan fingerprint density at radius 1 is 0.875 bits per heavy atom. The highest BCUT2D eigenvalue weighted by atomic mass is 79.9. The lowest BCUT2D eigenvalue weighted by Crippen LogP contribution is -2.11. The van der Waals surface area contributed by atoms with Crippen molar-refractivity contribution in [3.05, 3.63) is 102 Å². The van der Waals surface area contributed by atoms with Crippen LogP contribution in [-0.4, -0.2) is 22.0 Å². The molecule has 1 aliphatic rings. The molecule has 0 saturated carbocycles. The van der Waals surface area contributed by atoms with Crippen molar-refractivity contribution >= 4 is 71.2 Å². The minimum atomic E-state index is -0.765. The Bertz CT molecular complexity index is 1340. The molecule has 0 fully saturated rings. The standard InChI is InChI=1S/C24H13Br3O5/c25-15-3-1-2-14(10-15)23(30)22-21(13-5-7-19(29)17(27)11-13)20(32-24(22)31)9-12-4-6-18(28)16(26)8-12/h1-11,28-29H/b20-9-. The minimum absolute atomic E-state index is 0.0208. The monoisotopic (exact) mass is 618 g/mol. The molecule has 2 N–H and O–H groups in total. The normalized spacial score (nSPS) is 14.7. The Labute approximate surface area is 208 Å². The van der Waals surface area contributed by atoms with Gasteiger partial charge in [-0.05, 0) is 85.5 Å². The summed E-state index contributed by atoms with van der Waals surface area (Å²) in [7, 11) is 0. The minimum Gasteiger partial charge on any atom is -0.507 e. The van der Waals surface area contributed by atoms with E-state index in [-0.39, 0.29) is 22.8 Å². The van der Waals surface area contributed by atoms with E-state index in [4.69, 9.17) is 4.74 Å². The quantitative estimate of drug-likeness (QED) is 0.195. The number of cyclic esters (lactones) is 1. The molecule has 1 heterocycles. The van der Waals surface area contributed by atoms with Gasteiger partial charge in [0.2, 0.25) is 5.78 Å². The van der Waals surface area contributed by atoms with Gasteiger partial charge < -0.3 is 14.9 Å². The van der Waals surface area contributed by atoms with Crippen molar-refractivity contribution in [1.29, 1.82) is 0 Å². The molecule has 5 nitrogen and oxygen atoms in total. The fourth-order valence-corrected chi connectivity index (χ4v) is 4.40. The van der Waals surface area contributed by atoms with Crippen LogP contribution in [0.4, 0.5) is 0 Å². The van der Waals surface area contributed by atoms with Crippen LogP contribution in [0, 0.1) is 0 Å². The summed E-state index contributed by atoms with van der Waals surface area (Å²) in [5.41, 5.74) is 1.69. The van der Waals surface area contributed by atoms with Crippen LogP contribution >= 0.6 is 47.8 Å². The molecule has 0 bridgehead atoms. The lowest BCUT2D eigenvalue weighted by Gasteiger charge is -2.08. The number of phenolic OH excluding ortho intramolecular Hbond substituents is 2. The molecule has 32 heavy (non-hydrogen) atoms. The summed E-state index contributed by atoms with van der Waals surface area (Å²) in [5.74, 6) is -0.973. The second-order valence-corrected chi connectivity index (χ2v) is 9.49. The Morgan fingerprint density at radius 2 is 1.56 bits per heavy atom. The van der Waals surface area contributed by atoms with E-state index >= 15 is 0 Å². The number of hydrogen-bond acceptors (Lipinski definition) is 5. The zero-order valence-corrected chi connectivity index (χ0v) is 20.9. The fraction of sp³-hybridized carbons (Fsp3) is 0. The van der Waals surface area contributed by atoms with Crippen LogP contribution in [0.2, 0.25) is 0 Å². The SMILES string of the molecule is O=C1O/C(=C\c2ccc(O)c(Br)c2)C(c2ccc(O)c(Br)c2)=C1C(=O)c1cccc(Br)c1. The van der Waals surface area contributed by atoms with E-state index in [1.165, 1.54) is 12.1 Å². The van der Waals surface area contributed by atoms with E-state index in [9.17, 15) is 19.8 Å². The molecule has 0 unspecified atom stereocenters. The maximum absolute atomic E-state index is 13.3. The molecule has 8 heteroatoms. The molecule has 0 radical (unpaired) electrons. The van der Waals surface area contributed by atoms with E-state index in [1.54, 1.807) is 54.6 Å². The van der Waals surface area contributed by atoms with Crippen molar-refractivity contribution in [2.75, 3.05) is 0 Å². The highest BCUT2D eigenvalue weighted by Gasteiger charge is 2.36. The van der Waals surface area contributed by atoms with Crippen molar-refractivity contribution in [3.8, 4) is 11.5 Å². The highest BCUT2D eigenvalue weighted by molar-refractivity contribution is 9.11. The predicted molar refractivity (Wildman–Crippen MR) is 131 cm³/mol. The van der Waals surface area contributed by atoms with E-state index in [1.807, 2.05) is 0 Å². The molecule has 3 aromatic carbocycles. The average molecular weight is 621 g/mol. The van der Waals surface area contributed by atoms with Crippen LogP contribution in [0.5, 0.6) is 11.5 Å². The average Bonchev–Trinajstić information content (AvgIpc) is 3.07. The molecular formula is C24H13Br3O5. The number of Topliss-reactive ketones (excluding diaryl/α,β-unsaturated/α-hetero) is 1. The Morgan fingerprint density at radius 3 is 2.22 bits per heavy atom. The van der Waals surface area contributed by atoms with Crippen molar-refractivity contribution in [2.24, 2.45) is 0 Å². The molecule has 0 spiro atoms. The number of carbonyl (C=O) groups is 2. The van der Waals surface area contributed by atoms with Gasteiger partial charge in [0.25, 0.3) is 0 Å². The summed E-state index contributed by atoms with van der Waals surface area (Å²) < 4.78 is 7.10. The van der Waals surface area contributed by atoms with Crippen molar-refractivity contribution < 1.29 is 24.5 Å². The maximum Gasteiger partial charge on any atom is 0.348 e. The lowest BCUT2D eigenvalue weighted by atomic mass is 9.93. The summed E-state index contributed by atoms with van der Waals surface area (Å²) >= 11 is 9.89. The third kappa shape index (κ3) is 4.44. The summed E-state index contributed by atoms with van der Waals surface area (Å²) in [6, 6.07) is 16.2. The summed E-state index contributed by atoms with van der Waals surface area (Å²) in [5, 5.41) is 19.7. The third-order valence-electron chi connectivity index (χ3n) is 4.72. The van der Waals surface area contributed by atoms with E-state index < -0.39 is 11.8 Å². The van der Waals surface area contributed by atoms with Gasteiger partial charge in [-0.2, -0.15) is 0 Å². The first-order chi connectivity index (χ1) is 15.2. The van der Waals surface area contributed by atoms with Gasteiger partial charge in [0.1, 0.15) is 22.8 Å². The number of ketones is 1. The van der Waals surface area contributed by atoms with Crippen LogP contribution in [0.3, 0.4) is 0 Å².